The Morgan fingerprint density at radius 2 is 1.94 bits per heavy atom. The zero-order valence-corrected chi connectivity index (χ0v) is 11.3. The quantitative estimate of drug-likeness (QED) is 0.677. The maximum absolute atomic E-state index is 11.7. The number of amides is 2. The SMILES string of the molecule is CCC(N)CC(=O)N(C)CC(=O)NCC(C)C. The molecule has 5 heteroatoms. The smallest absolute Gasteiger partial charge is 0.239 e. The predicted octanol–water partition coefficient (Wildman–Crippen LogP) is 0.344. The highest BCUT2D eigenvalue weighted by Crippen LogP contribution is 1.98. The van der Waals surface area contributed by atoms with Crippen molar-refractivity contribution in [1.82, 2.24) is 10.2 Å². The molecule has 0 aromatic carbocycles. The maximum atomic E-state index is 11.7. The summed E-state index contributed by atoms with van der Waals surface area (Å²) < 4.78 is 0. The fraction of sp³-hybridized carbons (Fsp3) is 0.833. The third-order valence-electron chi connectivity index (χ3n) is 2.48. The van der Waals surface area contributed by atoms with Crippen LogP contribution in [-0.2, 0) is 9.59 Å². The third kappa shape index (κ3) is 7.74. The van der Waals surface area contributed by atoms with E-state index in [1.54, 1.807) is 7.05 Å². The Bertz CT molecular complexity index is 254. The molecule has 0 radical (unpaired) electrons. The van der Waals surface area contributed by atoms with Gasteiger partial charge in [-0.05, 0) is 12.3 Å². The molecule has 5 nitrogen and oxygen atoms in total. The van der Waals surface area contributed by atoms with Crippen LogP contribution in [0.25, 0.3) is 0 Å². The molecule has 1 unspecified atom stereocenters. The first-order valence-corrected chi connectivity index (χ1v) is 6.13. The topological polar surface area (TPSA) is 75.4 Å². The van der Waals surface area contributed by atoms with Gasteiger partial charge in [-0.1, -0.05) is 20.8 Å². The monoisotopic (exact) mass is 243 g/mol. The summed E-state index contributed by atoms with van der Waals surface area (Å²) in [5.74, 6) is 0.201. The van der Waals surface area contributed by atoms with Gasteiger partial charge in [-0.15, -0.1) is 0 Å². The summed E-state index contributed by atoms with van der Waals surface area (Å²) in [5.41, 5.74) is 5.69. The Morgan fingerprint density at radius 3 is 2.41 bits per heavy atom. The molecule has 0 aromatic rings. The lowest BCUT2D eigenvalue weighted by Gasteiger charge is -2.19. The lowest BCUT2D eigenvalue weighted by atomic mass is 10.1. The third-order valence-corrected chi connectivity index (χ3v) is 2.48. The average molecular weight is 243 g/mol. The maximum Gasteiger partial charge on any atom is 0.239 e. The minimum absolute atomic E-state index is 0.0842. The fourth-order valence-electron chi connectivity index (χ4n) is 1.20. The van der Waals surface area contributed by atoms with E-state index in [-0.39, 0.29) is 24.4 Å². The molecule has 17 heavy (non-hydrogen) atoms. The number of carbonyl (C=O) groups is 2. The number of likely N-dealkylation sites (N-methyl/N-ethyl adjacent to an activating group) is 1. The van der Waals surface area contributed by atoms with E-state index >= 15 is 0 Å². The van der Waals surface area contributed by atoms with Crippen LogP contribution in [-0.4, -0.2) is 42.9 Å². The molecular weight excluding hydrogens is 218 g/mol. The second kappa shape index (κ2) is 8.06. The zero-order valence-electron chi connectivity index (χ0n) is 11.3. The highest BCUT2D eigenvalue weighted by Gasteiger charge is 2.15. The van der Waals surface area contributed by atoms with Crippen LogP contribution in [0.3, 0.4) is 0 Å². The van der Waals surface area contributed by atoms with Crippen LogP contribution < -0.4 is 11.1 Å². The van der Waals surface area contributed by atoms with Gasteiger partial charge in [0.05, 0.1) is 6.54 Å². The molecular formula is C12H25N3O2. The van der Waals surface area contributed by atoms with Crippen molar-refractivity contribution >= 4 is 11.8 Å². The van der Waals surface area contributed by atoms with E-state index in [0.29, 0.717) is 18.9 Å². The van der Waals surface area contributed by atoms with Crippen LogP contribution in [0, 0.1) is 5.92 Å². The van der Waals surface area contributed by atoms with Crippen molar-refractivity contribution in [2.75, 3.05) is 20.1 Å². The summed E-state index contributed by atoms with van der Waals surface area (Å²) in [5, 5.41) is 2.77. The Kier molecular flexibility index (Phi) is 7.54. The van der Waals surface area contributed by atoms with Crippen LogP contribution in [0.1, 0.15) is 33.6 Å². The minimum atomic E-state index is -0.125. The van der Waals surface area contributed by atoms with Crippen molar-refractivity contribution in [2.45, 2.75) is 39.7 Å². The molecule has 0 saturated heterocycles. The first-order chi connectivity index (χ1) is 7.86. The van der Waals surface area contributed by atoms with Gasteiger partial charge in [0.25, 0.3) is 0 Å². The van der Waals surface area contributed by atoms with E-state index in [9.17, 15) is 9.59 Å². The molecule has 100 valence electrons. The number of nitrogens with two attached hydrogens (primary N) is 1. The van der Waals surface area contributed by atoms with Gasteiger partial charge in [0.15, 0.2) is 0 Å². The number of hydrogen-bond acceptors (Lipinski definition) is 3. The van der Waals surface area contributed by atoms with Gasteiger partial charge < -0.3 is 16.0 Å². The Balaban J connectivity index is 3.94. The number of nitrogens with zero attached hydrogens (tertiary/aromatic N) is 1. The van der Waals surface area contributed by atoms with Gasteiger partial charge in [0, 0.05) is 26.1 Å². The van der Waals surface area contributed by atoms with Gasteiger partial charge in [0.1, 0.15) is 0 Å². The average Bonchev–Trinajstić information content (AvgIpc) is 2.25. The van der Waals surface area contributed by atoms with Crippen molar-refractivity contribution in [3.63, 3.8) is 0 Å². The van der Waals surface area contributed by atoms with Crippen molar-refractivity contribution in [1.29, 1.82) is 0 Å². The van der Waals surface area contributed by atoms with Crippen molar-refractivity contribution < 1.29 is 9.59 Å². The predicted molar refractivity (Wildman–Crippen MR) is 68.4 cm³/mol. The lowest BCUT2D eigenvalue weighted by molar-refractivity contribution is -0.135. The van der Waals surface area contributed by atoms with Gasteiger partial charge in [-0.25, -0.2) is 0 Å². The molecule has 2 amide bonds. The van der Waals surface area contributed by atoms with Gasteiger partial charge in [-0.3, -0.25) is 9.59 Å². The van der Waals surface area contributed by atoms with Crippen LogP contribution in [0.2, 0.25) is 0 Å². The second-order valence-corrected chi connectivity index (χ2v) is 4.82. The van der Waals surface area contributed by atoms with E-state index in [2.05, 4.69) is 5.32 Å². The highest BCUT2D eigenvalue weighted by molar-refractivity contribution is 5.84. The summed E-state index contributed by atoms with van der Waals surface area (Å²) in [4.78, 5) is 24.6. The molecule has 0 fully saturated rings. The Morgan fingerprint density at radius 1 is 1.35 bits per heavy atom. The first kappa shape index (κ1) is 15.9. The van der Waals surface area contributed by atoms with E-state index in [1.807, 2.05) is 20.8 Å². The van der Waals surface area contributed by atoms with Crippen LogP contribution in [0.5, 0.6) is 0 Å². The van der Waals surface area contributed by atoms with E-state index in [1.165, 1.54) is 4.90 Å². The molecule has 0 spiro atoms. The molecule has 0 aliphatic carbocycles. The Labute approximate surface area is 104 Å². The van der Waals surface area contributed by atoms with Crippen LogP contribution in [0.15, 0.2) is 0 Å². The summed E-state index contributed by atoms with van der Waals surface area (Å²) in [6.07, 6.45) is 1.06. The fourth-order valence-corrected chi connectivity index (χ4v) is 1.20. The standard InChI is InChI=1S/C12H25N3O2/c1-5-10(13)6-12(17)15(4)8-11(16)14-7-9(2)3/h9-10H,5-8,13H2,1-4H3,(H,14,16). The molecule has 0 heterocycles. The molecule has 3 N–H and O–H groups in total. The summed E-state index contributed by atoms with van der Waals surface area (Å²) in [6.45, 7) is 6.72. The molecule has 0 bridgehead atoms. The summed E-state index contributed by atoms with van der Waals surface area (Å²) >= 11 is 0. The molecule has 0 saturated carbocycles. The molecule has 1 atom stereocenters. The number of carbonyl (C=O) groups excluding carboxylic acids is 2. The summed E-state index contributed by atoms with van der Waals surface area (Å²) in [7, 11) is 1.62. The lowest BCUT2D eigenvalue weighted by Crippen LogP contribution is -2.41. The van der Waals surface area contributed by atoms with Crippen LogP contribution >= 0.6 is 0 Å². The molecule has 0 aliphatic heterocycles. The van der Waals surface area contributed by atoms with E-state index < -0.39 is 0 Å². The van der Waals surface area contributed by atoms with Crippen molar-refractivity contribution in [2.24, 2.45) is 11.7 Å². The largest absolute Gasteiger partial charge is 0.354 e. The van der Waals surface area contributed by atoms with Gasteiger partial charge in [0.2, 0.25) is 11.8 Å². The number of hydrogen-bond donors (Lipinski definition) is 2. The van der Waals surface area contributed by atoms with E-state index in [4.69, 9.17) is 5.73 Å². The first-order valence-electron chi connectivity index (χ1n) is 6.13. The van der Waals surface area contributed by atoms with Gasteiger partial charge >= 0.3 is 0 Å². The second-order valence-electron chi connectivity index (χ2n) is 4.82. The van der Waals surface area contributed by atoms with E-state index in [0.717, 1.165) is 6.42 Å². The van der Waals surface area contributed by atoms with Gasteiger partial charge in [-0.2, -0.15) is 0 Å². The molecule has 0 rings (SSSR count). The van der Waals surface area contributed by atoms with Crippen molar-refractivity contribution in [3.8, 4) is 0 Å². The van der Waals surface area contributed by atoms with Crippen LogP contribution in [0.4, 0.5) is 0 Å². The normalized spacial score (nSPS) is 12.4. The van der Waals surface area contributed by atoms with Crippen molar-refractivity contribution in [3.05, 3.63) is 0 Å². The highest BCUT2D eigenvalue weighted by atomic mass is 16.2. The number of nitrogens with one attached hydrogen (secondary N) is 1. The minimum Gasteiger partial charge on any atom is -0.354 e. The zero-order chi connectivity index (χ0) is 13.4. The Hall–Kier alpha value is -1.10. The summed E-state index contributed by atoms with van der Waals surface area (Å²) in [6, 6.07) is -0.122. The number of rotatable bonds is 7. The molecule has 0 aliphatic rings. The molecule has 0 aromatic heterocycles.